The number of aryl methyl sites for hydroxylation is 1. The summed E-state index contributed by atoms with van der Waals surface area (Å²) in [5.74, 6) is -0.468. The molecule has 1 heterocycles. The molecule has 4 rings (SSSR count). The number of nitrogens with one attached hydrogen (secondary N) is 1. The van der Waals surface area contributed by atoms with E-state index in [1.165, 1.54) is 17.7 Å². The lowest BCUT2D eigenvalue weighted by atomic mass is 9.76. The fourth-order valence-electron chi connectivity index (χ4n) is 4.82. The van der Waals surface area contributed by atoms with Crippen LogP contribution in [0.1, 0.15) is 73.8 Å². The van der Waals surface area contributed by atoms with Crippen molar-refractivity contribution in [2.45, 2.75) is 77.9 Å². The van der Waals surface area contributed by atoms with Crippen LogP contribution < -0.4 is 11.1 Å². The molecule has 0 unspecified atom stereocenters. The number of anilines is 1. The number of carbonyl (C=O) groups is 1. The molecule has 2 atom stereocenters. The van der Waals surface area contributed by atoms with E-state index < -0.39 is 12.0 Å². The molecule has 1 aromatic carbocycles. The molecule has 156 valence electrons. The van der Waals surface area contributed by atoms with Gasteiger partial charge in [-0.05, 0) is 74.1 Å². The standard InChI is InChI=1S/C23H32N4O2/c1-4-17-15-10-11-23(2,3)13-20(15)27(26-17)14-8-9-16(22(24)29)19(12-14)25-18-6-5-7-21(18)28/h8-9,12,18,21,25,28H,4-7,10-11,13H2,1-3H3,(H2,24,29)/t18-,21-/m0/s1. The van der Waals surface area contributed by atoms with Crippen LogP contribution >= 0.6 is 0 Å². The van der Waals surface area contributed by atoms with Crippen molar-refractivity contribution in [2.24, 2.45) is 11.1 Å². The summed E-state index contributed by atoms with van der Waals surface area (Å²) in [6.45, 7) is 6.77. The van der Waals surface area contributed by atoms with Crippen LogP contribution in [0.3, 0.4) is 0 Å². The number of hydrogen-bond donors (Lipinski definition) is 3. The second-order valence-electron chi connectivity index (χ2n) is 9.32. The van der Waals surface area contributed by atoms with Crippen LogP contribution in [-0.4, -0.2) is 32.9 Å². The van der Waals surface area contributed by atoms with Crippen LogP contribution in [0.15, 0.2) is 18.2 Å². The molecule has 2 aromatic rings. The molecule has 2 aliphatic rings. The highest BCUT2D eigenvalue weighted by Gasteiger charge is 2.31. The minimum atomic E-state index is -0.468. The molecule has 0 aliphatic heterocycles. The van der Waals surface area contributed by atoms with Gasteiger partial charge in [-0.15, -0.1) is 0 Å². The normalized spacial score (nSPS) is 23.0. The summed E-state index contributed by atoms with van der Waals surface area (Å²) in [6.07, 6.45) is 6.37. The first-order chi connectivity index (χ1) is 13.8. The summed E-state index contributed by atoms with van der Waals surface area (Å²) >= 11 is 0. The van der Waals surface area contributed by atoms with E-state index in [2.05, 4.69) is 30.8 Å². The summed E-state index contributed by atoms with van der Waals surface area (Å²) in [5, 5.41) is 18.5. The van der Waals surface area contributed by atoms with Crippen LogP contribution in [0.2, 0.25) is 0 Å². The Morgan fingerprint density at radius 1 is 1.38 bits per heavy atom. The zero-order valence-electron chi connectivity index (χ0n) is 17.7. The van der Waals surface area contributed by atoms with Crippen molar-refractivity contribution in [3.63, 3.8) is 0 Å². The number of nitrogens with zero attached hydrogens (tertiary/aromatic N) is 2. The summed E-state index contributed by atoms with van der Waals surface area (Å²) in [6, 6.07) is 5.60. The maximum absolute atomic E-state index is 12.0. The van der Waals surface area contributed by atoms with Crippen molar-refractivity contribution in [1.29, 1.82) is 0 Å². The van der Waals surface area contributed by atoms with E-state index in [1.807, 2.05) is 12.1 Å². The first kappa shape index (κ1) is 20.0. The van der Waals surface area contributed by atoms with Crippen molar-refractivity contribution < 1.29 is 9.90 Å². The fourth-order valence-corrected chi connectivity index (χ4v) is 4.82. The zero-order valence-corrected chi connectivity index (χ0v) is 17.7. The lowest BCUT2D eigenvalue weighted by Gasteiger charge is -2.30. The minimum Gasteiger partial charge on any atom is -0.391 e. The Morgan fingerprint density at radius 3 is 2.83 bits per heavy atom. The van der Waals surface area contributed by atoms with Gasteiger partial charge in [-0.25, -0.2) is 4.68 Å². The maximum atomic E-state index is 12.0. The predicted octanol–water partition coefficient (Wildman–Crippen LogP) is 3.37. The maximum Gasteiger partial charge on any atom is 0.250 e. The van der Waals surface area contributed by atoms with Gasteiger partial charge >= 0.3 is 0 Å². The Kier molecular flexibility index (Phi) is 5.15. The number of rotatable bonds is 5. The van der Waals surface area contributed by atoms with Gasteiger partial charge in [0.1, 0.15) is 0 Å². The van der Waals surface area contributed by atoms with E-state index in [0.29, 0.717) is 11.3 Å². The molecular weight excluding hydrogens is 364 g/mol. The third kappa shape index (κ3) is 3.78. The molecule has 4 N–H and O–H groups in total. The minimum absolute atomic E-state index is 0.0555. The molecule has 0 radical (unpaired) electrons. The highest BCUT2D eigenvalue weighted by atomic mass is 16.3. The van der Waals surface area contributed by atoms with E-state index in [-0.39, 0.29) is 11.5 Å². The van der Waals surface area contributed by atoms with Crippen LogP contribution in [0.25, 0.3) is 5.69 Å². The van der Waals surface area contributed by atoms with Crippen LogP contribution in [-0.2, 0) is 19.3 Å². The van der Waals surface area contributed by atoms with Crippen LogP contribution in [0.4, 0.5) is 5.69 Å². The number of aliphatic hydroxyl groups excluding tert-OH is 1. The molecule has 1 saturated carbocycles. The average molecular weight is 397 g/mol. The monoisotopic (exact) mass is 396 g/mol. The van der Waals surface area contributed by atoms with E-state index in [0.717, 1.165) is 49.9 Å². The summed E-state index contributed by atoms with van der Waals surface area (Å²) < 4.78 is 2.05. The van der Waals surface area contributed by atoms with Crippen molar-refractivity contribution >= 4 is 11.6 Å². The van der Waals surface area contributed by atoms with Gasteiger partial charge in [0.05, 0.1) is 29.1 Å². The molecule has 6 heteroatoms. The summed E-state index contributed by atoms with van der Waals surface area (Å²) in [5.41, 5.74) is 11.7. The lowest BCUT2D eigenvalue weighted by molar-refractivity contribution is 0.100. The third-order valence-corrected chi connectivity index (χ3v) is 6.54. The number of nitrogens with two attached hydrogens (primary N) is 1. The van der Waals surface area contributed by atoms with Crippen molar-refractivity contribution in [1.82, 2.24) is 9.78 Å². The first-order valence-electron chi connectivity index (χ1n) is 10.8. The van der Waals surface area contributed by atoms with Gasteiger partial charge in [-0.1, -0.05) is 20.8 Å². The van der Waals surface area contributed by atoms with Gasteiger partial charge < -0.3 is 16.2 Å². The lowest BCUT2D eigenvalue weighted by Crippen LogP contribution is -2.29. The average Bonchev–Trinajstić information content (AvgIpc) is 3.23. The second-order valence-corrected chi connectivity index (χ2v) is 9.32. The Labute approximate surface area is 172 Å². The highest BCUT2D eigenvalue weighted by molar-refractivity contribution is 5.99. The van der Waals surface area contributed by atoms with Gasteiger partial charge in [0, 0.05) is 11.4 Å². The van der Waals surface area contributed by atoms with Gasteiger partial charge in [-0.3, -0.25) is 4.79 Å². The first-order valence-corrected chi connectivity index (χ1v) is 10.8. The number of primary amides is 1. The molecular formula is C23H32N4O2. The quantitative estimate of drug-likeness (QED) is 0.722. The number of fused-ring (bicyclic) bond motifs is 1. The molecule has 1 fully saturated rings. The number of aromatic nitrogens is 2. The number of hydrogen-bond acceptors (Lipinski definition) is 4. The summed E-state index contributed by atoms with van der Waals surface area (Å²) in [4.78, 5) is 12.0. The molecule has 29 heavy (non-hydrogen) atoms. The van der Waals surface area contributed by atoms with Crippen molar-refractivity contribution in [2.75, 3.05) is 5.32 Å². The highest BCUT2D eigenvalue weighted by Crippen LogP contribution is 2.38. The Morgan fingerprint density at radius 2 is 2.17 bits per heavy atom. The van der Waals surface area contributed by atoms with E-state index in [1.54, 1.807) is 6.07 Å². The molecule has 1 aromatic heterocycles. The SMILES string of the molecule is CCc1nn(-c2ccc(C(N)=O)c(N[C@H]3CCC[C@@H]3O)c2)c2c1CCC(C)(C)C2. The molecule has 0 bridgehead atoms. The predicted molar refractivity (Wildman–Crippen MR) is 115 cm³/mol. The second kappa shape index (κ2) is 7.48. The van der Waals surface area contributed by atoms with Crippen LogP contribution in [0.5, 0.6) is 0 Å². The Balaban J connectivity index is 1.77. The molecule has 0 spiro atoms. The summed E-state index contributed by atoms with van der Waals surface area (Å²) in [7, 11) is 0. The molecule has 6 nitrogen and oxygen atoms in total. The third-order valence-electron chi connectivity index (χ3n) is 6.54. The van der Waals surface area contributed by atoms with E-state index in [4.69, 9.17) is 10.8 Å². The number of aliphatic hydroxyl groups is 1. The van der Waals surface area contributed by atoms with Crippen LogP contribution in [0, 0.1) is 5.41 Å². The molecule has 0 saturated heterocycles. The van der Waals surface area contributed by atoms with Gasteiger partial charge in [0.2, 0.25) is 0 Å². The number of carbonyl (C=O) groups excluding carboxylic acids is 1. The number of amides is 1. The Bertz CT molecular complexity index is 931. The van der Waals surface area contributed by atoms with E-state index in [9.17, 15) is 9.90 Å². The fraction of sp³-hybridized carbons (Fsp3) is 0.565. The van der Waals surface area contributed by atoms with Gasteiger partial charge in [-0.2, -0.15) is 5.10 Å². The zero-order chi connectivity index (χ0) is 20.8. The molecule has 1 amide bonds. The van der Waals surface area contributed by atoms with Crippen molar-refractivity contribution in [3.05, 3.63) is 40.7 Å². The van der Waals surface area contributed by atoms with Gasteiger partial charge in [0.15, 0.2) is 0 Å². The number of benzene rings is 1. The Hall–Kier alpha value is -2.34. The largest absolute Gasteiger partial charge is 0.391 e. The van der Waals surface area contributed by atoms with E-state index >= 15 is 0 Å². The topological polar surface area (TPSA) is 93.2 Å². The molecule has 2 aliphatic carbocycles. The van der Waals surface area contributed by atoms with Crippen molar-refractivity contribution in [3.8, 4) is 5.69 Å². The smallest absolute Gasteiger partial charge is 0.250 e. The van der Waals surface area contributed by atoms with Gasteiger partial charge in [0.25, 0.3) is 5.91 Å².